The molecule has 0 saturated heterocycles. The minimum absolute atomic E-state index is 0.0684. The Labute approximate surface area is 171 Å². The van der Waals surface area contributed by atoms with Crippen molar-refractivity contribution in [3.05, 3.63) is 82.7 Å². The monoisotopic (exact) mass is 387 g/mol. The molecule has 4 rings (SSSR count). The number of Topliss-reactive ketones (excluding diaryl/α,β-unsaturated/α-hetero) is 1. The van der Waals surface area contributed by atoms with Crippen LogP contribution in [0.15, 0.2) is 54.6 Å². The third-order valence-corrected chi connectivity index (χ3v) is 5.84. The van der Waals surface area contributed by atoms with Crippen molar-refractivity contribution in [2.45, 2.75) is 39.2 Å². The molecule has 0 N–H and O–H groups in total. The van der Waals surface area contributed by atoms with Crippen LogP contribution >= 0.6 is 0 Å². The minimum atomic E-state index is -0.493. The lowest BCUT2D eigenvalue weighted by Gasteiger charge is -2.33. The summed E-state index contributed by atoms with van der Waals surface area (Å²) in [7, 11) is 1.74. The van der Waals surface area contributed by atoms with Gasteiger partial charge < -0.3 is 4.90 Å². The summed E-state index contributed by atoms with van der Waals surface area (Å²) in [6, 6.07) is 17.8. The number of para-hydroxylation sites is 1. The molecule has 0 radical (unpaired) electrons. The molecule has 0 aliphatic heterocycles. The highest BCUT2D eigenvalue weighted by Gasteiger charge is 2.32. The lowest BCUT2D eigenvalue weighted by Crippen LogP contribution is -2.38. The summed E-state index contributed by atoms with van der Waals surface area (Å²) < 4.78 is 1.73. The fraction of sp³-hybridized carbons (Fsp3) is 0.292. The standard InChI is InChI=1S/C24H25N3O2/c1-16-22(17(2)27(25-16)19-12-5-4-6-13-19)23(28)24(29)26(3)21-15-9-11-18-10-7-8-14-20(18)21/h4-8,10,12-14,21H,9,11,15H2,1-3H3/t21-/m1/s1. The topological polar surface area (TPSA) is 55.2 Å². The number of rotatable bonds is 4. The predicted molar refractivity (Wildman–Crippen MR) is 112 cm³/mol. The maximum Gasteiger partial charge on any atom is 0.295 e. The molecule has 1 atom stereocenters. The second-order valence-corrected chi connectivity index (χ2v) is 7.65. The quantitative estimate of drug-likeness (QED) is 0.498. The number of aromatic nitrogens is 2. The van der Waals surface area contributed by atoms with Crippen molar-refractivity contribution in [2.75, 3.05) is 7.05 Å². The van der Waals surface area contributed by atoms with E-state index < -0.39 is 11.7 Å². The van der Waals surface area contributed by atoms with Crippen LogP contribution in [0.3, 0.4) is 0 Å². The molecular formula is C24H25N3O2. The zero-order valence-electron chi connectivity index (χ0n) is 17.1. The molecule has 3 aromatic rings. The van der Waals surface area contributed by atoms with Gasteiger partial charge in [-0.3, -0.25) is 9.59 Å². The number of fused-ring (bicyclic) bond motifs is 1. The molecule has 0 spiro atoms. The number of hydrogen-bond donors (Lipinski definition) is 0. The highest BCUT2D eigenvalue weighted by Crippen LogP contribution is 2.34. The van der Waals surface area contributed by atoms with Gasteiger partial charge in [0.1, 0.15) is 0 Å². The maximum absolute atomic E-state index is 13.2. The number of carbonyl (C=O) groups excluding carboxylic acids is 2. The summed E-state index contributed by atoms with van der Waals surface area (Å²) in [6.45, 7) is 3.62. The molecule has 0 saturated carbocycles. The largest absolute Gasteiger partial charge is 0.332 e. The molecule has 1 amide bonds. The van der Waals surface area contributed by atoms with Gasteiger partial charge >= 0.3 is 0 Å². The Bertz CT molecular complexity index is 1070. The number of amides is 1. The Morgan fingerprint density at radius 2 is 1.72 bits per heavy atom. The first-order valence-electron chi connectivity index (χ1n) is 10.00. The molecule has 0 unspecified atom stereocenters. The van der Waals surface area contributed by atoms with Crippen LogP contribution in [0.4, 0.5) is 0 Å². The highest BCUT2D eigenvalue weighted by atomic mass is 16.2. The van der Waals surface area contributed by atoms with Gasteiger partial charge in [0, 0.05) is 7.05 Å². The summed E-state index contributed by atoms with van der Waals surface area (Å²) >= 11 is 0. The van der Waals surface area contributed by atoms with Crippen molar-refractivity contribution in [1.82, 2.24) is 14.7 Å². The van der Waals surface area contributed by atoms with Crippen LogP contribution in [0, 0.1) is 13.8 Å². The number of nitrogens with zero attached hydrogens (tertiary/aromatic N) is 3. The third-order valence-electron chi connectivity index (χ3n) is 5.84. The van der Waals surface area contributed by atoms with E-state index >= 15 is 0 Å². The summed E-state index contributed by atoms with van der Waals surface area (Å²) in [6.07, 6.45) is 2.90. The van der Waals surface area contributed by atoms with Crippen LogP contribution in [0.2, 0.25) is 0 Å². The first kappa shape index (κ1) is 19.1. The lowest BCUT2D eigenvalue weighted by molar-refractivity contribution is -0.127. The minimum Gasteiger partial charge on any atom is -0.332 e. The molecule has 1 aliphatic rings. The molecule has 0 fully saturated rings. The normalized spacial score (nSPS) is 15.6. The van der Waals surface area contributed by atoms with E-state index in [-0.39, 0.29) is 6.04 Å². The number of hydrogen-bond acceptors (Lipinski definition) is 3. The Balaban J connectivity index is 1.64. The van der Waals surface area contributed by atoms with Crippen LogP contribution in [0.5, 0.6) is 0 Å². The van der Waals surface area contributed by atoms with E-state index in [2.05, 4.69) is 17.2 Å². The number of carbonyl (C=O) groups is 2. The zero-order valence-corrected chi connectivity index (χ0v) is 17.1. The number of likely N-dealkylation sites (N-methyl/N-ethyl adjacent to an activating group) is 1. The molecule has 1 aliphatic carbocycles. The molecule has 2 aromatic carbocycles. The molecule has 5 heteroatoms. The van der Waals surface area contributed by atoms with Gasteiger partial charge in [-0.25, -0.2) is 4.68 Å². The molecule has 5 nitrogen and oxygen atoms in total. The van der Waals surface area contributed by atoms with Gasteiger partial charge in [0.05, 0.1) is 28.7 Å². The van der Waals surface area contributed by atoms with E-state index in [0.717, 1.165) is 30.5 Å². The average Bonchev–Trinajstić information content (AvgIpc) is 3.06. The van der Waals surface area contributed by atoms with E-state index in [1.807, 2.05) is 49.4 Å². The molecule has 29 heavy (non-hydrogen) atoms. The van der Waals surface area contributed by atoms with E-state index in [4.69, 9.17) is 0 Å². The Morgan fingerprint density at radius 1 is 1.03 bits per heavy atom. The summed E-state index contributed by atoms with van der Waals surface area (Å²) in [5.74, 6) is -0.974. The van der Waals surface area contributed by atoms with Crippen molar-refractivity contribution in [1.29, 1.82) is 0 Å². The molecule has 148 valence electrons. The van der Waals surface area contributed by atoms with Gasteiger partial charge in [-0.2, -0.15) is 5.10 Å². The number of benzene rings is 2. The van der Waals surface area contributed by atoms with E-state index in [9.17, 15) is 9.59 Å². The second-order valence-electron chi connectivity index (χ2n) is 7.65. The molecular weight excluding hydrogens is 362 g/mol. The Morgan fingerprint density at radius 3 is 2.48 bits per heavy atom. The Hall–Kier alpha value is -3.21. The lowest BCUT2D eigenvalue weighted by atomic mass is 9.87. The van der Waals surface area contributed by atoms with Gasteiger partial charge in [-0.05, 0) is 56.4 Å². The molecule has 0 bridgehead atoms. The van der Waals surface area contributed by atoms with Crippen LogP contribution in [-0.4, -0.2) is 33.4 Å². The van der Waals surface area contributed by atoms with E-state index in [1.165, 1.54) is 5.56 Å². The van der Waals surface area contributed by atoms with Crippen molar-refractivity contribution in [3.8, 4) is 5.69 Å². The molecule has 1 heterocycles. The van der Waals surface area contributed by atoms with Crippen molar-refractivity contribution >= 4 is 11.7 Å². The van der Waals surface area contributed by atoms with Gasteiger partial charge in [0.15, 0.2) is 0 Å². The first-order chi connectivity index (χ1) is 14.0. The van der Waals surface area contributed by atoms with Gasteiger partial charge in [0.25, 0.3) is 11.7 Å². The Kier molecular flexibility index (Phi) is 5.05. The number of ketones is 1. The van der Waals surface area contributed by atoms with E-state index in [1.54, 1.807) is 23.6 Å². The van der Waals surface area contributed by atoms with Crippen molar-refractivity contribution in [3.63, 3.8) is 0 Å². The molecule has 1 aromatic heterocycles. The van der Waals surface area contributed by atoms with Gasteiger partial charge in [0.2, 0.25) is 0 Å². The van der Waals surface area contributed by atoms with Gasteiger partial charge in [-0.15, -0.1) is 0 Å². The van der Waals surface area contributed by atoms with E-state index in [0.29, 0.717) is 17.0 Å². The first-order valence-corrected chi connectivity index (χ1v) is 10.00. The summed E-state index contributed by atoms with van der Waals surface area (Å²) in [5, 5.41) is 4.52. The summed E-state index contributed by atoms with van der Waals surface area (Å²) in [5.41, 5.74) is 4.94. The second kappa shape index (κ2) is 7.66. The fourth-order valence-corrected chi connectivity index (χ4v) is 4.33. The maximum atomic E-state index is 13.2. The smallest absolute Gasteiger partial charge is 0.295 e. The van der Waals surface area contributed by atoms with Crippen LogP contribution in [0.25, 0.3) is 5.69 Å². The summed E-state index contributed by atoms with van der Waals surface area (Å²) in [4.78, 5) is 27.9. The van der Waals surface area contributed by atoms with Crippen LogP contribution in [-0.2, 0) is 11.2 Å². The predicted octanol–water partition coefficient (Wildman–Crippen LogP) is 4.21. The highest BCUT2D eigenvalue weighted by molar-refractivity contribution is 6.43. The third kappa shape index (κ3) is 3.37. The SMILES string of the molecule is Cc1nn(-c2ccccc2)c(C)c1C(=O)C(=O)N(C)[C@@H]1CCCc2ccccc21. The van der Waals surface area contributed by atoms with Crippen LogP contribution in [0.1, 0.15) is 51.8 Å². The average molecular weight is 387 g/mol. The van der Waals surface area contributed by atoms with Crippen LogP contribution < -0.4 is 0 Å². The van der Waals surface area contributed by atoms with Crippen molar-refractivity contribution in [2.24, 2.45) is 0 Å². The van der Waals surface area contributed by atoms with Gasteiger partial charge in [-0.1, -0.05) is 42.5 Å². The zero-order chi connectivity index (χ0) is 20.5. The van der Waals surface area contributed by atoms with Crippen molar-refractivity contribution < 1.29 is 9.59 Å². The number of aryl methyl sites for hydroxylation is 2. The fourth-order valence-electron chi connectivity index (χ4n) is 4.33.